The van der Waals surface area contributed by atoms with Gasteiger partial charge in [-0.2, -0.15) is 0 Å². The minimum Gasteiger partial charge on any atom is -0.371 e. The molecule has 0 aliphatic carbocycles. The quantitative estimate of drug-likeness (QED) is 0.867. The van der Waals surface area contributed by atoms with Crippen molar-refractivity contribution < 1.29 is 4.79 Å². The summed E-state index contributed by atoms with van der Waals surface area (Å²) in [5, 5.41) is 3.04. The molecular formula is C15H23N3O. The highest BCUT2D eigenvalue weighted by Gasteiger charge is 2.26. The van der Waals surface area contributed by atoms with Crippen molar-refractivity contribution in [2.24, 2.45) is 5.73 Å². The molecule has 0 saturated carbocycles. The molecule has 1 saturated heterocycles. The van der Waals surface area contributed by atoms with Crippen molar-refractivity contribution in [1.82, 2.24) is 5.32 Å². The lowest BCUT2D eigenvalue weighted by molar-refractivity contribution is -0.126. The third-order valence-electron chi connectivity index (χ3n) is 3.54. The van der Waals surface area contributed by atoms with Crippen LogP contribution in [0.1, 0.15) is 26.7 Å². The first kappa shape index (κ1) is 13.9. The van der Waals surface area contributed by atoms with Crippen LogP contribution in [0.25, 0.3) is 0 Å². The molecule has 104 valence electrons. The number of carbonyl (C=O) groups is 1. The number of benzene rings is 1. The molecule has 0 unspecified atom stereocenters. The number of nitrogens with zero attached hydrogens (tertiary/aromatic N) is 1. The van der Waals surface area contributed by atoms with E-state index in [4.69, 9.17) is 5.73 Å². The van der Waals surface area contributed by atoms with E-state index in [2.05, 4.69) is 34.5 Å². The standard InChI is InChI=1S/C15H23N3O/c1-15(2,16)14(19)17-12-8-10-18(11-9-12)13-6-4-3-5-7-13/h3-7,12H,8-11,16H2,1-2H3,(H,17,19). The zero-order valence-electron chi connectivity index (χ0n) is 11.7. The van der Waals surface area contributed by atoms with Gasteiger partial charge in [-0.15, -0.1) is 0 Å². The van der Waals surface area contributed by atoms with Gasteiger partial charge in [0.15, 0.2) is 0 Å². The zero-order valence-corrected chi connectivity index (χ0v) is 11.7. The van der Waals surface area contributed by atoms with Crippen molar-refractivity contribution in [3.05, 3.63) is 30.3 Å². The summed E-state index contributed by atoms with van der Waals surface area (Å²) in [5.74, 6) is -0.0642. The highest BCUT2D eigenvalue weighted by atomic mass is 16.2. The van der Waals surface area contributed by atoms with Gasteiger partial charge in [0.2, 0.25) is 5.91 Å². The van der Waals surface area contributed by atoms with Gasteiger partial charge in [0.05, 0.1) is 5.54 Å². The first-order valence-corrected chi connectivity index (χ1v) is 6.86. The predicted octanol–water partition coefficient (Wildman–Crippen LogP) is 1.51. The third kappa shape index (κ3) is 3.70. The van der Waals surface area contributed by atoms with E-state index >= 15 is 0 Å². The first-order valence-electron chi connectivity index (χ1n) is 6.86. The Morgan fingerprint density at radius 3 is 2.37 bits per heavy atom. The molecule has 1 aliphatic heterocycles. The molecule has 1 aliphatic rings. The smallest absolute Gasteiger partial charge is 0.239 e. The van der Waals surface area contributed by atoms with Gasteiger partial charge in [0.1, 0.15) is 0 Å². The van der Waals surface area contributed by atoms with Gasteiger partial charge in [0.25, 0.3) is 0 Å². The van der Waals surface area contributed by atoms with Crippen LogP contribution in [0.15, 0.2) is 30.3 Å². The molecule has 0 atom stereocenters. The SMILES string of the molecule is CC(C)(N)C(=O)NC1CCN(c2ccccc2)CC1. The van der Waals surface area contributed by atoms with Gasteiger partial charge in [-0.3, -0.25) is 4.79 Å². The van der Waals surface area contributed by atoms with Crippen LogP contribution in [0.2, 0.25) is 0 Å². The summed E-state index contributed by atoms with van der Waals surface area (Å²) in [6.45, 7) is 5.42. The lowest BCUT2D eigenvalue weighted by Crippen LogP contribution is -2.54. The minimum absolute atomic E-state index is 0.0642. The fourth-order valence-electron chi connectivity index (χ4n) is 2.29. The molecule has 0 spiro atoms. The number of anilines is 1. The largest absolute Gasteiger partial charge is 0.371 e. The lowest BCUT2D eigenvalue weighted by atomic mass is 10.0. The van der Waals surface area contributed by atoms with Crippen LogP contribution in [0, 0.1) is 0 Å². The summed E-state index contributed by atoms with van der Waals surface area (Å²) in [7, 11) is 0. The Hall–Kier alpha value is -1.55. The predicted molar refractivity (Wildman–Crippen MR) is 78.1 cm³/mol. The first-order chi connectivity index (χ1) is 8.97. The molecule has 0 radical (unpaired) electrons. The van der Waals surface area contributed by atoms with Crippen molar-refractivity contribution in [1.29, 1.82) is 0 Å². The Balaban J connectivity index is 1.85. The summed E-state index contributed by atoms with van der Waals surface area (Å²) in [5.41, 5.74) is 6.25. The van der Waals surface area contributed by atoms with E-state index in [1.807, 2.05) is 6.07 Å². The maximum absolute atomic E-state index is 11.8. The van der Waals surface area contributed by atoms with Crippen molar-refractivity contribution in [2.75, 3.05) is 18.0 Å². The van der Waals surface area contributed by atoms with E-state index in [0.717, 1.165) is 25.9 Å². The van der Waals surface area contributed by atoms with Gasteiger partial charge >= 0.3 is 0 Å². The summed E-state index contributed by atoms with van der Waals surface area (Å²) in [4.78, 5) is 14.2. The van der Waals surface area contributed by atoms with E-state index in [-0.39, 0.29) is 11.9 Å². The molecule has 19 heavy (non-hydrogen) atoms. The fraction of sp³-hybridized carbons (Fsp3) is 0.533. The number of hydrogen-bond acceptors (Lipinski definition) is 3. The average Bonchev–Trinajstić information content (AvgIpc) is 2.39. The summed E-state index contributed by atoms with van der Waals surface area (Å²) < 4.78 is 0. The number of para-hydroxylation sites is 1. The van der Waals surface area contributed by atoms with E-state index in [1.165, 1.54) is 5.69 Å². The second-order valence-corrected chi connectivity index (χ2v) is 5.79. The molecule has 1 aromatic rings. The maximum Gasteiger partial charge on any atom is 0.239 e. The van der Waals surface area contributed by atoms with Gasteiger partial charge in [-0.25, -0.2) is 0 Å². The summed E-state index contributed by atoms with van der Waals surface area (Å²) in [6, 6.07) is 10.6. The molecule has 0 aromatic heterocycles. The number of nitrogens with one attached hydrogen (secondary N) is 1. The van der Waals surface area contributed by atoms with Crippen LogP contribution in [-0.4, -0.2) is 30.6 Å². The molecule has 1 fully saturated rings. The third-order valence-corrected chi connectivity index (χ3v) is 3.54. The Bertz CT molecular complexity index is 417. The van der Waals surface area contributed by atoms with E-state index in [0.29, 0.717) is 0 Å². The number of nitrogens with two attached hydrogens (primary N) is 1. The van der Waals surface area contributed by atoms with Crippen molar-refractivity contribution in [3.8, 4) is 0 Å². The zero-order chi connectivity index (χ0) is 13.9. The van der Waals surface area contributed by atoms with E-state index in [9.17, 15) is 4.79 Å². The second-order valence-electron chi connectivity index (χ2n) is 5.79. The number of rotatable bonds is 3. The molecule has 3 N–H and O–H groups in total. The monoisotopic (exact) mass is 261 g/mol. The van der Waals surface area contributed by atoms with Crippen LogP contribution in [0.3, 0.4) is 0 Å². The van der Waals surface area contributed by atoms with Crippen LogP contribution in [0.5, 0.6) is 0 Å². The second kappa shape index (κ2) is 5.61. The fourth-order valence-corrected chi connectivity index (χ4v) is 2.29. The van der Waals surface area contributed by atoms with Gasteiger partial charge in [0, 0.05) is 24.8 Å². The summed E-state index contributed by atoms with van der Waals surface area (Å²) in [6.07, 6.45) is 1.94. The van der Waals surface area contributed by atoms with Crippen molar-refractivity contribution in [3.63, 3.8) is 0 Å². The molecule has 2 rings (SSSR count). The maximum atomic E-state index is 11.8. The Kier molecular flexibility index (Phi) is 4.10. The highest BCUT2D eigenvalue weighted by molar-refractivity contribution is 5.85. The molecular weight excluding hydrogens is 238 g/mol. The number of hydrogen-bond donors (Lipinski definition) is 2. The van der Waals surface area contributed by atoms with Crippen LogP contribution < -0.4 is 16.0 Å². The van der Waals surface area contributed by atoms with Crippen LogP contribution in [-0.2, 0) is 4.79 Å². The number of carbonyl (C=O) groups excluding carboxylic acids is 1. The highest BCUT2D eigenvalue weighted by Crippen LogP contribution is 2.19. The van der Waals surface area contributed by atoms with Crippen molar-refractivity contribution in [2.45, 2.75) is 38.3 Å². The lowest BCUT2D eigenvalue weighted by Gasteiger charge is -2.35. The average molecular weight is 261 g/mol. The van der Waals surface area contributed by atoms with Gasteiger partial charge in [-0.1, -0.05) is 18.2 Å². The van der Waals surface area contributed by atoms with E-state index < -0.39 is 5.54 Å². The molecule has 1 amide bonds. The number of piperidine rings is 1. The van der Waals surface area contributed by atoms with Gasteiger partial charge in [-0.05, 0) is 38.8 Å². The topological polar surface area (TPSA) is 58.4 Å². The molecule has 4 heteroatoms. The van der Waals surface area contributed by atoms with Gasteiger partial charge < -0.3 is 16.0 Å². The molecule has 4 nitrogen and oxygen atoms in total. The van der Waals surface area contributed by atoms with E-state index in [1.54, 1.807) is 13.8 Å². The van der Waals surface area contributed by atoms with Crippen molar-refractivity contribution >= 4 is 11.6 Å². The van der Waals surface area contributed by atoms with Crippen LogP contribution >= 0.6 is 0 Å². The molecule has 1 heterocycles. The molecule has 0 bridgehead atoms. The Morgan fingerprint density at radius 2 is 1.84 bits per heavy atom. The Labute approximate surface area is 115 Å². The Morgan fingerprint density at radius 1 is 1.26 bits per heavy atom. The minimum atomic E-state index is -0.795. The number of amides is 1. The summed E-state index contributed by atoms with van der Waals surface area (Å²) >= 11 is 0. The molecule has 1 aromatic carbocycles. The normalized spacial score (nSPS) is 17.3. The van der Waals surface area contributed by atoms with Crippen LogP contribution in [0.4, 0.5) is 5.69 Å².